The molecule has 0 unspecified atom stereocenters. The van der Waals surface area contributed by atoms with Crippen LogP contribution in [0.5, 0.6) is 0 Å². The van der Waals surface area contributed by atoms with Crippen LogP contribution in [0.4, 0.5) is 0 Å². The van der Waals surface area contributed by atoms with Crippen molar-refractivity contribution >= 4 is 16.8 Å². The zero-order valence-corrected chi connectivity index (χ0v) is 9.87. The zero-order chi connectivity index (χ0) is 13.1. The third-order valence-corrected chi connectivity index (χ3v) is 2.69. The van der Waals surface area contributed by atoms with Gasteiger partial charge in [-0.15, -0.1) is 10.2 Å². The molecule has 0 fully saturated rings. The summed E-state index contributed by atoms with van der Waals surface area (Å²) in [6.07, 6.45) is 1.62. The van der Waals surface area contributed by atoms with E-state index in [1.807, 2.05) is 24.3 Å². The van der Waals surface area contributed by atoms with Crippen LogP contribution >= 0.6 is 0 Å². The van der Waals surface area contributed by atoms with Gasteiger partial charge in [-0.2, -0.15) is 5.21 Å². The fraction of sp³-hybridized carbons (Fsp3) is 0.0833. The van der Waals surface area contributed by atoms with E-state index in [0.717, 1.165) is 10.9 Å². The molecule has 7 heteroatoms. The maximum absolute atomic E-state index is 12.1. The lowest BCUT2D eigenvalue weighted by Crippen LogP contribution is -2.23. The number of nitrogens with zero attached hydrogens (tertiary/aromatic N) is 4. The van der Waals surface area contributed by atoms with E-state index in [0.29, 0.717) is 11.4 Å². The van der Waals surface area contributed by atoms with Gasteiger partial charge in [0.25, 0.3) is 5.91 Å². The second-order valence-electron chi connectivity index (χ2n) is 3.89. The number of rotatable bonds is 3. The molecule has 0 aliphatic rings. The number of hydrogen-bond donors (Lipinski definition) is 2. The highest BCUT2D eigenvalue weighted by Crippen LogP contribution is 2.15. The van der Waals surface area contributed by atoms with E-state index in [1.165, 1.54) is 0 Å². The van der Waals surface area contributed by atoms with Gasteiger partial charge in [0.15, 0.2) is 5.82 Å². The lowest BCUT2D eigenvalue weighted by atomic mass is 10.1. The van der Waals surface area contributed by atoms with Crippen LogP contribution in [0.2, 0.25) is 0 Å². The predicted octanol–water partition coefficient (Wildman–Crippen LogP) is 0.678. The fourth-order valence-corrected chi connectivity index (χ4v) is 1.81. The summed E-state index contributed by atoms with van der Waals surface area (Å²) < 4.78 is 0. The van der Waals surface area contributed by atoms with E-state index in [1.54, 1.807) is 12.3 Å². The molecule has 7 nitrogen and oxygen atoms in total. The van der Waals surface area contributed by atoms with E-state index >= 15 is 0 Å². The number of nitrogens with one attached hydrogen (secondary N) is 2. The molecule has 0 radical (unpaired) electrons. The number of pyridine rings is 1. The summed E-state index contributed by atoms with van der Waals surface area (Å²) in [6.45, 7) is 0.228. The Hall–Kier alpha value is -2.83. The van der Waals surface area contributed by atoms with Gasteiger partial charge in [0.2, 0.25) is 0 Å². The molecule has 94 valence electrons. The first-order valence-corrected chi connectivity index (χ1v) is 5.69. The Bertz CT molecular complexity index is 704. The van der Waals surface area contributed by atoms with Crippen molar-refractivity contribution in [2.75, 3.05) is 0 Å². The Labute approximate surface area is 108 Å². The maximum atomic E-state index is 12.1. The van der Waals surface area contributed by atoms with Crippen LogP contribution in [-0.4, -0.2) is 31.5 Å². The summed E-state index contributed by atoms with van der Waals surface area (Å²) in [7, 11) is 0. The SMILES string of the molecule is O=C(NCc1nn[nH]n1)c1ccnc2ccccc12. The van der Waals surface area contributed by atoms with Crippen molar-refractivity contribution in [1.29, 1.82) is 0 Å². The van der Waals surface area contributed by atoms with Crippen LogP contribution in [0.1, 0.15) is 16.2 Å². The molecular formula is C12H10N6O. The molecule has 19 heavy (non-hydrogen) atoms. The second kappa shape index (κ2) is 4.81. The molecule has 0 aliphatic carbocycles. The van der Waals surface area contributed by atoms with Crippen LogP contribution in [-0.2, 0) is 6.54 Å². The minimum absolute atomic E-state index is 0.191. The molecule has 3 aromatic rings. The van der Waals surface area contributed by atoms with Gasteiger partial charge in [0.05, 0.1) is 17.6 Å². The quantitative estimate of drug-likeness (QED) is 0.716. The number of benzene rings is 1. The van der Waals surface area contributed by atoms with E-state index in [2.05, 4.69) is 30.9 Å². The number of carbonyl (C=O) groups is 1. The summed E-state index contributed by atoms with van der Waals surface area (Å²) in [5.74, 6) is 0.245. The Kier molecular flexibility index (Phi) is 2.85. The lowest BCUT2D eigenvalue weighted by Gasteiger charge is -2.05. The van der Waals surface area contributed by atoms with Gasteiger partial charge in [0, 0.05) is 11.6 Å². The summed E-state index contributed by atoms with van der Waals surface area (Å²) in [4.78, 5) is 16.3. The second-order valence-corrected chi connectivity index (χ2v) is 3.89. The van der Waals surface area contributed by atoms with Gasteiger partial charge in [0.1, 0.15) is 0 Å². The highest BCUT2D eigenvalue weighted by Gasteiger charge is 2.10. The Morgan fingerprint density at radius 3 is 3.00 bits per heavy atom. The standard InChI is InChI=1S/C12H10N6O/c19-12(14-7-11-15-17-18-16-11)9-5-6-13-10-4-2-1-3-8(9)10/h1-6H,7H2,(H,14,19)(H,15,16,17,18). The van der Waals surface area contributed by atoms with Gasteiger partial charge in [-0.25, -0.2) is 0 Å². The van der Waals surface area contributed by atoms with Crippen molar-refractivity contribution in [2.24, 2.45) is 0 Å². The topological polar surface area (TPSA) is 96.5 Å². The predicted molar refractivity (Wildman–Crippen MR) is 67.1 cm³/mol. The van der Waals surface area contributed by atoms with Crippen molar-refractivity contribution in [3.8, 4) is 0 Å². The molecule has 1 aromatic carbocycles. The Morgan fingerprint density at radius 1 is 1.26 bits per heavy atom. The molecule has 3 rings (SSSR count). The molecule has 0 saturated heterocycles. The average Bonchev–Trinajstić information content (AvgIpc) is 2.97. The van der Waals surface area contributed by atoms with Crippen molar-refractivity contribution in [2.45, 2.75) is 6.54 Å². The van der Waals surface area contributed by atoms with E-state index in [-0.39, 0.29) is 12.5 Å². The summed E-state index contributed by atoms with van der Waals surface area (Å²) in [5, 5.41) is 16.9. The van der Waals surface area contributed by atoms with E-state index in [4.69, 9.17) is 0 Å². The molecule has 2 aromatic heterocycles. The molecule has 0 atom stereocenters. The number of para-hydroxylation sites is 1. The molecule has 2 heterocycles. The number of fused-ring (bicyclic) bond motifs is 1. The third-order valence-electron chi connectivity index (χ3n) is 2.69. The summed E-state index contributed by atoms with van der Waals surface area (Å²) in [5.41, 5.74) is 1.36. The third kappa shape index (κ3) is 2.25. The monoisotopic (exact) mass is 254 g/mol. The fourth-order valence-electron chi connectivity index (χ4n) is 1.81. The first kappa shape index (κ1) is 11.3. The highest BCUT2D eigenvalue weighted by atomic mass is 16.1. The molecule has 1 amide bonds. The van der Waals surface area contributed by atoms with Gasteiger partial charge in [-0.1, -0.05) is 23.4 Å². The molecule has 0 saturated carbocycles. The van der Waals surface area contributed by atoms with Crippen molar-refractivity contribution in [3.63, 3.8) is 0 Å². The van der Waals surface area contributed by atoms with Gasteiger partial charge < -0.3 is 5.32 Å². The zero-order valence-electron chi connectivity index (χ0n) is 9.87. The Morgan fingerprint density at radius 2 is 2.16 bits per heavy atom. The normalized spacial score (nSPS) is 10.5. The van der Waals surface area contributed by atoms with Crippen LogP contribution in [0.15, 0.2) is 36.5 Å². The van der Waals surface area contributed by atoms with Gasteiger partial charge in [-0.05, 0) is 12.1 Å². The van der Waals surface area contributed by atoms with Gasteiger partial charge >= 0.3 is 0 Å². The van der Waals surface area contributed by atoms with Crippen LogP contribution in [0.3, 0.4) is 0 Å². The number of amides is 1. The highest BCUT2D eigenvalue weighted by molar-refractivity contribution is 6.05. The molecule has 0 bridgehead atoms. The van der Waals surface area contributed by atoms with Crippen molar-refractivity contribution in [3.05, 3.63) is 47.9 Å². The van der Waals surface area contributed by atoms with Gasteiger partial charge in [-0.3, -0.25) is 9.78 Å². The number of hydrogen-bond acceptors (Lipinski definition) is 5. The number of aromatic amines is 1. The first-order chi connectivity index (χ1) is 9.34. The minimum Gasteiger partial charge on any atom is -0.345 e. The number of tetrazole rings is 1. The lowest BCUT2D eigenvalue weighted by molar-refractivity contribution is 0.0951. The van der Waals surface area contributed by atoms with E-state index < -0.39 is 0 Å². The average molecular weight is 254 g/mol. The Balaban J connectivity index is 1.85. The smallest absolute Gasteiger partial charge is 0.252 e. The van der Waals surface area contributed by atoms with Crippen LogP contribution < -0.4 is 5.32 Å². The number of carbonyl (C=O) groups excluding carboxylic acids is 1. The van der Waals surface area contributed by atoms with Crippen LogP contribution in [0, 0.1) is 0 Å². The molecule has 2 N–H and O–H groups in total. The molecular weight excluding hydrogens is 244 g/mol. The summed E-state index contributed by atoms with van der Waals surface area (Å²) in [6, 6.07) is 9.18. The molecule has 0 spiro atoms. The number of H-pyrrole nitrogens is 1. The maximum Gasteiger partial charge on any atom is 0.252 e. The van der Waals surface area contributed by atoms with Crippen molar-refractivity contribution < 1.29 is 4.79 Å². The van der Waals surface area contributed by atoms with E-state index in [9.17, 15) is 4.79 Å². The molecule has 0 aliphatic heterocycles. The van der Waals surface area contributed by atoms with Crippen LogP contribution in [0.25, 0.3) is 10.9 Å². The first-order valence-electron chi connectivity index (χ1n) is 5.69. The minimum atomic E-state index is -0.191. The largest absolute Gasteiger partial charge is 0.345 e. The van der Waals surface area contributed by atoms with Crippen molar-refractivity contribution in [1.82, 2.24) is 30.9 Å². The summed E-state index contributed by atoms with van der Waals surface area (Å²) >= 11 is 0. The number of aromatic nitrogens is 5.